The molecule has 5 heteroatoms. The van der Waals surface area contributed by atoms with Crippen LogP contribution < -0.4 is 0 Å². The molecule has 1 saturated heterocycles. The Balaban J connectivity index is 1.86. The molecule has 98 valence electrons. The summed E-state index contributed by atoms with van der Waals surface area (Å²) < 4.78 is 1.09. The van der Waals surface area contributed by atoms with Gasteiger partial charge in [0.05, 0.1) is 10.3 Å². The lowest BCUT2D eigenvalue weighted by atomic mass is 9.77. The molecule has 1 aliphatic heterocycles. The Kier molecular flexibility index (Phi) is 2.60. The van der Waals surface area contributed by atoms with Gasteiger partial charge >= 0.3 is 6.09 Å². The fraction of sp³-hybridized carbons (Fsp3) is 0.286. The van der Waals surface area contributed by atoms with E-state index < -0.39 is 11.5 Å². The molecule has 2 heterocycles. The highest BCUT2D eigenvalue weighted by Gasteiger charge is 2.47. The van der Waals surface area contributed by atoms with E-state index in [0.29, 0.717) is 4.88 Å². The highest BCUT2D eigenvalue weighted by molar-refractivity contribution is 7.20. The zero-order valence-electron chi connectivity index (χ0n) is 10.4. The Hall–Kier alpha value is -1.88. The number of Topliss-reactive ketones (excluding diaryl/α,β-unsaturated/α-hetero) is 1. The molecule has 0 aliphatic carbocycles. The molecule has 3 rings (SSSR count). The Morgan fingerprint density at radius 2 is 2.00 bits per heavy atom. The standard InChI is InChI=1S/C14H13NO3S/c1-14(7-15(8-14)13(17)18)12(16)11-6-9-4-2-3-5-10(9)19-11/h2-6H,7-8H2,1H3,(H,17,18). The molecule has 1 aromatic carbocycles. The molecule has 1 fully saturated rings. The molecule has 1 aliphatic rings. The van der Waals surface area contributed by atoms with Gasteiger partial charge in [0.2, 0.25) is 0 Å². The average Bonchev–Trinajstić information content (AvgIpc) is 2.77. The van der Waals surface area contributed by atoms with Gasteiger partial charge in [-0.25, -0.2) is 4.79 Å². The van der Waals surface area contributed by atoms with E-state index in [1.807, 2.05) is 37.3 Å². The van der Waals surface area contributed by atoms with Gasteiger partial charge in [-0.2, -0.15) is 0 Å². The minimum atomic E-state index is -0.957. The van der Waals surface area contributed by atoms with E-state index in [4.69, 9.17) is 5.11 Å². The predicted octanol–water partition coefficient (Wildman–Crippen LogP) is 3.08. The van der Waals surface area contributed by atoms with E-state index in [9.17, 15) is 9.59 Å². The van der Waals surface area contributed by atoms with Crippen LogP contribution in [-0.4, -0.2) is 35.0 Å². The highest BCUT2D eigenvalue weighted by Crippen LogP contribution is 2.37. The first kappa shape index (κ1) is 12.2. The molecule has 1 N–H and O–H groups in total. The van der Waals surface area contributed by atoms with E-state index in [1.165, 1.54) is 16.2 Å². The first-order valence-electron chi connectivity index (χ1n) is 6.01. The minimum absolute atomic E-state index is 0.0474. The van der Waals surface area contributed by atoms with Gasteiger partial charge in [-0.1, -0.05) is 18.2 Å². The summed E-state index contributed by atoms with van der Waals surface area (Å²) in [5, 5.41) is 9.91. The number of nitrogens with zero attached hydrogens (tertiary/aromatic N) is 1. The molecule has 0 bridgehead atoms. The molecule has 19 heavy (non-hydrogen) atoms. The average molecular weight is 275 g/mol. The van der Waals surface area contributed by atoms with E-state index in [-0.39, 0.29) is 18.9 Å². The first-order valence-corrected chi connectivity index (χ1v) is 6.82. The number of benzene rings is 1. The van der Waals surface area contributed by atoms with Crippen LogP contribution in [0.2, 0.25) is 0 Å². The summed E-state index contributed by atoms with van der Waals surface area (Å²) >= 11 is 1.48. The van der Waals surface area contributed by atoms with E-state index in [0.717, 1.165) is 10.1 Å². The van der Waals surface area contributed by atoms with Crippen LogP contribution in [0, 0.1) is 5.41 Å². The Labute approximate surface area is 114 Å². The van der Waals surface area contributed by atoms with Gasteiger partial charge in [-0.05, 0) is 24.4 Å². The molecule has 2 aromatic rings. The minimum Gasteiger partial charge on any atom is -0.465 e. The molecule has 0 unspecified atom stereocenters. The zero-order valence-corrected chi connectivity index (χ0v) is 11.2. The van der Waals surface area contributed by atoms with Crippen LogP contribution in [0.4, 0.5) is 4.79 Å². The summed E-state index contributed by atoms with van der Waals surface area (Å²) in [5.41, 5.74) is -0.570. The van der Waals surface area contributed by atoms with E-state index in [2.05, 4.69) is 0 Å². The summed E-state index contributed by atoms with van der Waals surface area (Å²) in [5.74, 6) is 0.0474. The number of hydrogen-bond acceptors (Lipinski definition) is 3. The predicted molar refractivity (Wildman–Crippen MR) is 73.9 cm³/mol. The van der Waals surface area contributed by atoms with Gasteiger partial charge in [-0.15, -0.1) is 11.3 Å². The molecular formula is C14H13NO3S. The maximum Gasteiger partial charge on any atom is 0.407 e. The maximum absolute atomic E-state index is 12.5. The van der Waals surface area contributed by atoms with Gasteiger partial charge in [0, 0.05) is 17.8 Å². The molecule has 1 amide bonds. The van der Waals surface area contributed by atoms with Crippen molar-refractivity contribution in [3.8, 4) is 0 Å². The van der Waals surface area contributed by atoms with Crippen LogP contribution >= 0.6 is 11.3 Å². The molecule has 0 radical (unpaired) electrons. The number of hydrogen-bond donors (Lipinski definition) is 1. The number of rotatable bonds is 2. The monoisotopic (exact) mass is 275 g/mol. The molecule has 4 nitrogen and oxygen atoms in total. The second-order valence-electron chi connectivity index (χ2n) is 5.18. The van der Waals surface area contributed by atoms with E-state index >= 15 is 0 Å². The number of carbonyl (C=O) groups excluding carboxylic acids is 1. The van der Waals surface area contributed by atoms with Crippen molar-refractivity contribution in [1.29, 1.82) is 0 Å². The van der Waals surface area contributed by atoms with Crippen LogP contribution in [0.25, 0.3) is 10.1 Å². The lowest BCUT2D eigenvalue weighted by Gasteiger charge is -2.44. The van der Waals surface area contributed by atoms with Crippen molar-refractivity contribution in [2.75, 3.05) is 13.1 Å². The summed E-state index contributed by atoms with van der Waals surface area (Å²) in [6, 6.07) is 9.76. The summed E-state index contributed by atoms with van der Waals surface area (Å²) in [6.45, 7) is 2.41. The van der Waals surface area contributed by atoms with Crippen LogP contribution in [0.15, 0.2) is 30.3 Å². The van der Waals surface area contributed by atoms with Gasteiger partial charge in [0.15, 0.2) is 5.78 Å². The van der Waals surface area contributed by atoms with Crippen molar-refractivity contribution in [2.45, 2.75) is 6.92 Å². The lowest BCUT2D eigenvalue weighted by Crippen LogP contribution is -2.60. The first-order chi connectivity index (χ1) is 8.99. The maximum atomic E-state index is 12.5. The number of ketones is 1. The molecule has 1 aromatic heterocycles. The molecule has 0 saturated carbocycles. The smallest absolute Gasteiger partial charge is 0.407 e. The third-order valence-corrected chi connectivity index (χ3v) is 4.66. The van der Waals surface area contributed by atoms with E-state index in [1.54, 1.807) is 0 Å². The number of amides is 1. The molecular weight excluding hydrogens is 262 g/mol. The SMILES string of the molecule is CC1(C(=O)c2cc3ccccc3s2)CN(C(=O)O)C1. The zero-order chi connectivity index (χ0) is 13.6. The summed E-state index contributed by atoms with van der Waals surface area (Å²) in [4.78, 5) is 25.2. The second-order valence-corrected chi connectivity index (χ2v) is 6.26. The van der Waals surface area contributed by atoms with Gasteiger partial charge in [0.1, 0.15) is 0 Å². The Morgan fingerprint density at radius 1 is 1.32 bits per heavy atom. The molecule has 0 spiro atoms. The van der Waals surface area contributed by atoms with Gasteiger partial charge < -0.3 is 10.0 Å². The number of carbonyl (C=O) groups is 2. The highest BCUT2D eigenvalue weighted by atomic mass is 32.1. The number of thiophene rings is 1. The fourth-order valence-electron chi connectivity index (χ4n) is 2.47. The number of carboxylic acid groups (broad SMARTS) is 1. The van der Waals surface area contributed by atoms with Crippen LogP contribution in [0.3, 0.4) is 0 Å². The van der Waals surface area contributed by atoms with Crippen molar-refractivity contribution in [1.82, 2.24) is 4.90 Å². The number of fused-ring (bicyclic) bond motifs is 1. The quantitative estimate of drug-likeness (QED) is 0.857. The Bertz CT molecular complexity index is 637. The fourth-order valence-corrected chi connectivity index (χ4v) is 3.62. The third kappa shape index (κ3) is 1.90. The summed E-state index contributed by atoms with van der Waals surface area (Å²) in [6.07, 6.45) is -0.957. The normalized spacial score (nSPS) is 17.2. The van der Waals surface area contributed by atoms with Crippen LogP contribution in [0.5, 0.6) is 0 Å². The Morgan fingerprint density at radius 3 is 2.63 bits per heavy atom. The number of likely N-dealkylation sites (tertiary alicyclic amines) is 1. The van der Waals surface area contributed by atoms with Crippen molar-refractivity contribution < 1.29 is 14.7 Å². The van der Waals surface area contributed by atoms with Gasteiger partial charge in [0.25, 0.3) is 0 Å². The van der Waals surface area contributed by atoms with Crippen molar-refractivity contribution in [3.63, 3.8) is 0 Å². The molecule has 0 atom stereocenters. The third-order valence-electron chi connectivity index (χ3n) is 3.55. The van der Waals surface area contributed by atoms with Crippen LogP contribution in [0.1, 0.15) is 16.6 Å². The lowest BCUT2D eigenvalue weighted by molar-refractivity contribution is 0.0240. The van der Waals surface area contributed by atoms with Crippen LogP contribution in [-0.2, 0) is 0 Å². The van der Waals surface area contributed by atoms with Gasteiger partial charge in [-0.3, -0.25) is 4.79 Å². The van der Waals surface area contributed by atoms with Crippen molar-refractivity contribution in [3.05, 3.63) is 35.2 Å². The topological polar surface area (TPSA) is 57.6 Å². The second kappa shape index (κ2) is 4.06. The van der Waals surface area contributed by atoms with Crippen molar-refractivity contribution in [2.24, 2.45) is 5.41 Å². The van der Waals surface area contributed by atoms with Crippen molar-refractivity contribution >= 4 is 33.3 Å². The largest absolute Gasteiger partial charge is 0.465 e. The summed E-state index contributed by atoms with van der Waals surface area (Å²) in [7, 11) is 0.